The molecule has 1 atom stereocenters. The number of carbonyl (C=O) groups is 1. The van der Waals surface area contributed by atoms with Crippen LogP contribution in [0.2, 0.25) is 4.34 Å². The standard InChI is InChI=1S/C14H14ClFN2OS/c1-7-10(16)5-9(6-11(7)17)14(19)18-8(2)12-3-4-13(15)20-12/h3-6,8H,17H2,1-2H3,(H,18,19). The molecule has 0 radical (unpaired) electrons. The molecular weight excluding hydrogens is 299 g/mol. The Morgan fingerprint density at radius 3 is 2.70 bits per heavy atom. The molecule has 0 aliphatic heterocycles. The molecule has 1 amide bonds. The highest BCUT2D eigenvalue weighted by molar-refractivity contribution is 7.16. The maximum absolute atomic E-state index is 13.6. The molecule has 3 nitrogen and oxygen atoms in total. The first-order chi connectivity index (χ1) is 9.38. The van der Waals surface area contributed by atoms with E-state index >= 15 is 0 Å². The van der Waals surface area contributed by atoms with Crippen molar-refractivity contribution in [3.8, 4) is 0 Å². The second-order valence-electron chi connectivity index (χ2n) is 4.51. The van der Waals surface area contributed by atoms with Gasteiger partial charge in [0.2, 0.25) is 0 Å². The van der Waals surface area contributed by atoms with Gasteiger partial charge in [0.05, 0.1) is 10.4 Å². The summed E-state index contributed by atoms with van der Waals surface area (Å²) in [6.45, 7) is 3.41. The number of nitrogen functional groups attached to an aromatic ring is 1. The van der Waals surface area contributed by atoms with Crippen LogP contribution in [0.25, 0.3) is 0 Å². The molecule has 2 aromatic rings. The van der Waals surface area contributed by atoms with E-state index in [1.54, 1.807) is 13.0 Å². The lowest BCUT2D eigenvalue weighted by atomic mass is 10.1. The molecule has 0 fully saturated rings. The van der Waals surface area contributed by atoms with Gasteiger partial charge in [-0.15, -0.1) is 11.3 Å². The molecule has 1 aromatic heterocycles. The van der Waals surface area contributed by atoms with Gasteiger partial charge in [-0.1, -0.05) is 11.6 Å². The minimum absolute atomic E-state index is 0.203. The van der Waals surface area contributed by atoms with Crippen LogP contribution >= 0.6 is 22.9 Å². The second kappa shape index (κ2) is 5.81. The SMILES string of the molecule is Cc1c(N)cc(C(=O)NC(C)c2ccc(Cl)s2)cc1F. The Balaban J connectivity index is 2.16. The summed E-state index contributed by atoms with van der Waals surface area (Å²) in [6, 6.07) is 6.08. The number of hydrogen-bond donors (Lipinski definition) is 2. The maximum Gasteiger partial charge on any atom is 0.251 e. The van der Waals surface area contributed by atoms with Crippen molar-refractivity contribution in [2.45, 2.75) is 19.9 Å². The van der Waals surface area contributed by atoms with Gasteiger partial charge in [0.25, 0.3) is 5.91 Å². The number of thiophene rings is 1. The van der Waals surface area contributed by atoms with Gasteiger partial charge in [-0.3, -0.25) is 4.79 Å². The Morgan fingerprint density at radius 2 is 2.15 bits per heavy atom. The van der Waals surface area contributed by atoms with Gasteiger partial charge in [-0.25, -0.2) is 4.39 Å². The molecule has 0 aliphatic carbocycles. The number of anilines is 1. The normalized spacial score (nSPS) is 12.2. The largest absolute Gasteiger partial charge is 0.398 e. The summed E-state index contributed by atoms with van der Waals surface area (Å²) in [6.07, 6.45) is 0. The van der Waals surface area contributed by atoms with Crippen molar-refractivity contribution >= 4 is 34.5 Å². The second-order valence-corrected chi connectivity index (χ2v) is 6.26. The molecule has 1 unspecified atom stereocenters. The fourth-order valence-corrected chi connectivity index (χ4v) is 2.81. The van der Waals surface area contributed by atoms with Crippen molar-refractivity contribution in [2.75, 3.05) is 5.73 Å². The average Bonchev–Trinajstić information content (AvgIpc) is 2.82. The minimum Gasteiger partial charge on any atom is -0.398 e. The molecule has 106 valence electrons. The third kappa shape index (κ3) is 3.11. The van der Waals surface area contributed by atoms with E-state index in [-0.39, 0.29) is 23.2 Å². The van der Waals surface area contributed by atoms with Crippen LogP contribution in [0.5, 0.6) is 0 Å². The van der Waals surface area contributed by atoms with E-state index in [1.165, 1.54) is 23.5 Å². The van der Waals surface area contributed by atoms with Gasteiger partial charge >= 0.3 is 0 Å². The molecular formula is C14H14ClFN2OS. The first-order valence-corrected chi connectivity index (χ1v) is 7.19. The molecule has 1 aromatic carbocycles. The monoisotopic (exact) mass is 312 g/mol. The van der Waals surface area contributed by atoms with Crippen LogP contribution in [0.4, 0.5) is 10.1 Å². The summed E-state index contributed by atoms with van der Waals surface area (Å²) in [7, 11) is 0. The number of hydrogen-bond acceptors (Lipinski definition) is 3. The first kappa shape index (κ1) is 14.8. The number of benzene rings is 1. The van der Waals surface area contributed by atoms with Crippen molar-refractivity contribution in [2.24, 2.45) is 0 Å². The van der Waals surface area contributed by atoms with E-state index in [2.05, 4.69) is 5.32 Å². The number of nitrogens with two attached hydrogens (primary N) is 1. The lowest BCUT2D eigenvalue weighted by Crippen LogP contribution is -2.26. The zero-order valence-electron chi connectivity index (χ0n) is 11.0. The quantitative estimate of drug-likeness (QED) is 0.844. The lowest BCUT2D eigenvalue weighted by Gasteiger charge is -2.13. The highest BCUT2D eigenvalue weighted by Crippen LogP contribution is 2.27. The molecule has 0 aliphatic rings. The summed E-state index contributed by atoms with van der Waals surface area (Å²) < 4.78 is 14.2. The minimum atomic E-state index is -0.484. The molecule has 0 saturated carbocycles. The summed E-state index contributed by atoms with van der Waals surface area (Å²) in [5.74, 6) is -0.852. The molecule has 2 rings (SSSR count). The maximum atomic E-state index is 13.6. The molecule has 0 saturated heterocycles. The molecule has 1 heterocycles. The third-order valence-corrected chi connectivity index (χ3v) is 4.43. The van der Waals surface area contributed by atoms with Crippen molar-refractivity contribution in [3.63, 3.8) is 0 Å². The van der Waals surface area contributed by atoms with Crippen LogP contribution in [0.3, 0.4) is 0 Å². The molecule has 0 bridgehead atoms. The zero-order chi connectivity index (χ0) is 14.9. The van der Waals surface area contributed by atoms with Crippen LogP contribution < -0.4 is 11.1 Å². The number of nitrogens with one attached hydrogen (secondary N) is 1. The van der Waals surface area contributed by atoms with E-state index in [0.29, 0.717) is 9.90 Å². The lowest BCUT2D eigenvalue weighted by molar-refractivity contribution is 0.0940. The Bertz CT molecular complexity index is 633. The first-order valence-electron chi connectivity index (χ1n) is 6.00. The predicted octanol–water partition coefficient (Wildman–Crippen LogP) is 3.92. The Kier molecular flexibility index (Phi) is 4.30. The summed E-state index contributed by atoms with van der Waals surface area (Å²) >= 11 is 7.25. The number of amides is 1. The molecule has 6 heteroatoms. The molecule has 0 spiro atoms. The van der Waals surface area contributed by atoms with Gasteiger partial charge < -0.3 is 11.1 Å². The van der Waals surface area contributed by atoms with Crippen LogP contribution in [-0.4, -0.2) is 5.91 Å². The predicted molar refractivity (Wildman–Crippen MR) is 80.8 cm³/mol. The van der Waals surface area contributed by atoms with Crippen molar-refractivity contribution in [1.82, 2.24) is 5.32 Å². The van der Waals surface area contributed by atoms with Gasteiger partial charge in [-0.05, 0) is 38.1 Å². The fraction of sp³-hybridized carbons (Fsp3) is 0.214. The van der Waals surface area contributed by atoms with E-state index in [9.17, 15) is 9.18 Å². The smallest absolute Gasteiger partial charge is 0.251 e. The highest BCUT2D eigenvalue weighted by Gasteiger charge is 2.15. The van der Waals surface area contributed by atoms with Gasteiger partial charge in [0, 0.05) is 21.7 Å². The number of rotatable bonds is 3. The fourth-order valence-electron chi connectivity index (χ4n) is 1.74. The molecule has 20 heavy (non-hydrogen) atoms. The zero-order valence-corrected chi connectivity index (χ0v) is 12.6. The topological polar surface area (TPSA) is 55.1 Å². The van der Waals surface area contributed by atoms with Gasteiger partial charge in [0.1, 0.15) is 5.82 Å². The van der Waals surface area contributed by atoms with Crippen molar-refractivity contribution < 1.29 is 9.18 Å². The van der Waals surface area contributed by atoms with Gasteiger partial charge in [-0.2, -0.15) is 0 Å². The van der Waals surface area contributed by atoms with Crippen molar-refractivity contribution in [3.05, 3.63) is 50.4 Å². The van der Waals surface area contributed by atoms with Crippen LogP contribution in [-0.2, 0) is 0 Å². The van der Waals surface area contributed by atoms with E-state index in [0.717, 1.165) is 4.88 Å². The van der Waals surface area contributed by atoms with Crippen molar-refractivity contribution in [1.29, 1.82) is 0 Å². The van der Waals surface area contributed by atoms with Crippen LogP contribution in [0, 0.1) is 12.7 Å². The van der Waals surface area contributed by atoms with Gasteiger partial charge in [0.15, 0.2) is 0 Å². The van der Waals surface area contributed by atoms with Crippen LogP contribution in [0.15, 0.2) is 24.3 Å². The van der Waals surface area contributed by atoms with E-state index < -0.39 is 5.82 Å². The Hall–Kier alpha value is -1.59. The number of carbonyl (C=O) groups excluding carboxylic acids is 1. The summed E-state index contributed by atoms with van der Waals surface area (Å²) in [4.78, 5) is 13.0. The Morgan fingerprint density at radius 1 is 1.45 bits per heavy atom. The van der Waals surface area contributed by atoms with E-state index in [1.807, 2.05) is 13.0 Å². The van der Waals surface area contributed by atoms with E-state index in [4.69, 9.17) is 17.3 Å². The average molecular weight is 313 g/mol. The van der Waals surface area contributed by atoms with Crippen LogP contribution in [0.1, 0.15) is 33.8 Å². The third-order valence-electron chi connectivity index (χ3n) is 3.02. The summed E-state index contributed by atoms with van der Waals surface area (Å²) in [5, 5.41) is 2.79. The number of halogens is 2. The highest BCUT2D eigenvalue weighted by atomic mass is 35.5. The summed E-state index contributed by atoms with van der Waals surface area (Å²) in [5.41, 5.74) is 6.49. The molecule has 3 N–H and O–H groups in total. The Labute approximate surface area is 125 Å².